The second-order valence-corrected chi connectivity index (χ2v) is 3.71. The highest BCUT2D eigenvalue weighted by Crippen LogP contribution is 2.08. The number of hydrogen-bond acceptors (Lipinski definition) is 1. The van der Waals surface area contributed by atoms with Crippen LogP contribution in [-0.4, -0.2) is 13.1 Å². The van der Waals surface area contributed by atoms with Gasteiger partial charge >= 0.3 is 0 Å². The molecule has 1 N–H and O–H groups in total. The summed E-state index contributed by atoms with van der Waals surface area (Å²) in [5.41, 5.74) is 1.09. The molecule has 0 fully saturated rings. The molecule has 0 amide bonds. The standard InChI is InChI=1S/C12H18FN/c1-10(14-2)5-3-6-11-7-4-8-12(13)9-11/h4,7-10,14H,3,5-6H2,1-2H3. The Kier molecular flexibility index (Phi) is 4.60. The van der Waals surface area contributed by atoms with Crippen molar-refractivity contribution in [3.63, 3.8) is 0 Å². The Bertz CT molecular complexity index is 273. The second-order valence-electron chi connectivity index (χ2n) is 3.71. The molecule has 1 aromatic rings. The zero-order valence-corrected chi connectivity index (χ0v) is 8.89. The number of halogens is 1. The fourth-order valence-corrected chi connectivity index (χ4v) is 1.45. The van der Waals surface area contributed by atoms with E-state index in [0.29, 0.717) is 6.04 Å². The minimum absolute atomic E-state index is 0.135. The lowest BCUT2D eigenvalue weighted by atomic mass is 10.1. The third kappa shape index (κ3) is 3.88. The third-order valence-electron chi connectivity index (χ3n) is 2.48. The fraction of sp³-hybridized carbons (Fsp3) is 0.500. The summed E-state index contributed by atoms with van der Waals surface area (Å²) in [6.07, 6.45) is 3.20. The van der Waals surface area contributed by atoms with Gasteiger partial charge in [-0.15, -0.1) is 0 Å². The van der Waals surface area contributed by atoms with Crippen LogP contribution in [0.3, 0.4) is 0 Å². The van der Waals surface area contributed by atoms with Gasteiger partial charge in [-0.3, -0.25) is 0 Å². The first-order chi connectivity index (χ1) is 6.72. The summed E-state index contributed by atoms with van der Waals surface area (Å²) < 4.78 is 12.8. The molecular weight excluding hydrogens is 177 g/mol. The molecule has 1 rings (SSSR count). The van der Waals surface area contributed by atoms with Gasteiger partial charge in [-0.2, -0.15) is 0 Å². The molecule has 1 atom stereocenters. The van der Waals surface area contributed by atoms with E-state index in [1.165, 1.54) is 6.07 Å². The van der Waals surface area contributed by atoms with Crippen LogP contribution < -0.4 is 5.32 Å². The van der Waals surface area contributed by atoms with Gasteiger partial charge in [0.25, 0.3) is 0 Å². The molecule has 2 heteroatoms. The molecule has 1 nitrogen and oxygen atoms in total. The summed E-state index contributed by atoms with van der Waals surface area (Å²) in [5, 5.41) is 3.19. The van der Waals surface area contributed by atoms with Crippen molar-refractivity contribution < 1.29 is 4.39 Å². The molecule has 14 heavy (non-hydrogen) atoms. The van der Waals surface area contributed by atoms with Crippen LogP contribution in [0.25, 0.3) is 0 Å². The van der Waals surface area contributed by atoms with Crippen molar-refractivity contribution in [3.05, 3.63) is 35.6 Å². The van der Waals surface area contributed by atoms with Crippen molar-refractivity contribution in [2.24, 2.45) is 0 Å². The minimum Gasteiger partial charge on any atom is -0.317 e. The summed E-state index contributed by atoms with van der Waals surface area (Å²) in [4.78, 5) is 0. The molecule has 0 saturated heterocycles. The van der Waals surface area contributed by atoms with Crippen LogP contribution in [0.5, 0.6) is 0 Å². The SMILES string of the molecule is CNC(C)CCCc1cccc(F)c1. The van der Waals surface area contributed by atoms with E-state index in [2.05, 4.69) is 12.2 Å². The molecule has 0 aliphatic heterocycles. The predicted octanol–water partition coefficient (Wildman–Crippen LogP) is 2.76. The topological polar surface area (TPSA) is 12.0 Å². The van der Waals surface area contributed by atoms with E-state index in [9.17, 15) is 4.39 Å². The highest BCUT2D eigenvalue weighted by atomic mass is 19.1. The highest BCUT2D eigenvalue weighted by molar-refractivity contribution is 5.16. The summed E-state index contributed by atoms with van der Waals surface area (Å²) in [6, 6.07) is 7.40. The van der Waals surface area contributed by atoms with Gasteiger partial charge in [0.2, 0.25) is 0 Å². The Labute approximate surface area is 85.3 Å². The van der Waals surface area contributed by atoms with Gasteiger partial charge in [0.05, 0.1) is 0 Å². The molecular formula is C12H18FN. The van der Waals surface area contributed by atoms with Crippen LogP contribution in [0.2, 0.25) is 0 Å². The smallest absolute Gasteiger partial charge is 0.123 e. The second kappa shape index (κ2) is 5.76. The van der Waals surface area contributed by atoms with Crippen LogP contribution in [0.1, 0.15) is 25.3 Å². The lowest BCUT2D eigenvalue weighted by Crippen LogP contribution is -2.20. The molecule has 0 aliphatic rings. The number of nitrogens with one attached hydrogen (secondary N) is 1. The van der Waals surface area contributed by atoms with Crippen molar-refractivity contribution in [2.75, 3.05) is 7.05 Å². The quantitative estimate of drug-likeness (QED) is 0.761. The van der Waals surface area contributed by atoms with E-state index >= 15 is 0 Å². The average molecular weight is 195 g/mol. The maximum absolute atomic E-state index is 12.8. The van der Waals surface area contributed by atoms with Crippen molar-refractivity contribution in [1.29, 1.82) is 0 Å². The van der Waals surface area contributed by atoms with Gasteiger partial charge in [0.15, 0.2) is 0 Å². The lowest BCUT2D eigenvalue weighted by Gasteiger charge is -2.09. The summed E-state index contributed by atoms with van der Waals surface area (Å²) in [7, 11) is 1.97. The molecule has 1 unspecified atom stereocenters. The van der Waals surface area contributed by atoms with E-state index in [4.69, 9.17) is 0 Å². The van der Waals surface area contributed by atoms with Gasteiger partial charge in [-0.25, -0.2) is 4.39 Å². The van der Waals surface area contributed by atoms with Crippen molar-refractivity contribution in [2.45, 2.75) is 32.2 Å². The third-order valence-corrected chi connectivity index (χ3v) is 2.48. The van der Waals surface area contributed by atoms with E-state index in [-0.39, 0.29) is 5.82 Å². The summed E-state index contributed by atoms with van der Waals surface area (Å²) >= 11 is 0. The summed E-state index contributed by atoms with van der Waals surface area (Å²) in [6.45, 7) is 2.16. The van der Waals surface area contributed by atoms with Crippen molar-refractivity contribution >= 4 is 0 Å². The van der Waals surface area contributed by atoms with E-state index in [1.54, 1.807) is 12.1 Å². The van der Waals surface area contributed by atoms with Gasteiger partial charge < -0.3 is 5.32 Å². The normalized spacial score (nSPS) is 12.8. The molecule has 0 bridgehead atoms. The van der Waals surface area contributed by atoms with Gasteiger partial charge in [-0.05, 0) is 50.9 Å². The Hall–Kier alpha value is -0.890. The maximum Gasteiger partial charge on any atom is 0.123 e. The zero-order valence-electron chi connectivity index (χ0n) is 8.89. The number of rotatable bonds is 5. The maximum atomic E-state index is 12.8. The van der Waals surface area contributed by atoms with Crippen LogP contribution in [-0.2, 0) is 6.42 Å². The predicted molar refractivity (Wildman–Crippen MR) is 57.9 cm³/mol. The van der Waals surface area contributed by atoms with E-state index in [1.807, 2.05) is 13.1 Å². The Morgan fingerprint density at radius 1 is 1.43 bits per heavy atom. The van der Waals surface area contributed by atoms with Crippen LogP contribution >= 0.6 is 0 Å². The molecule has 0 aromatic heterocycles. The Balaban J connectivity index is 2.31. The van der Waals surface area contributed by atoms with Crippen LogP contribution in [0.4, 0.5) is 4.39 Å². The zero-order chi connectivity index (χ0) is 10.4. The van der Waals surface area contributed by atoms with Crippen LogP contribution in [0.15, 0.2) is 24.3 Å². The van der Waals surface area contributed by atoms with Crippen LogP contribution in [0, 0.1) is 5.82 Å². The van der Waals surface area contributed by atoms with Gasteiger partial charge in [0.1, 0.15) is 5.82 Å². The van der Waals surface area contributed by atoms with Gasteiger partial charge in [0, 0.05) is 6.04 Å². The fourth-order valence-electron chi connectivity index (χ4n) is 1.45. The highest BCUT2D eigenvalue weighted by Gasteiger charge is 1.99. The molecule has 0 spiro atoms. The Morgan fingerprint density at radius 2 is 2.21 bits per heavy atom. The average Bonchev–Trinajstić information content (AvgIpc) is 2.17. The monoisotopic (exact) mass is 195 g/mol. The molecule has 0 radical (unpaired) electrons. The summed E-state index contributed by atoms with van der Waals surface area (Å²) in [5.74, 6) is -0.135. The number of benzene rings is 1. The molecule has 1 aromatic carbocycles. The van der Waals surface area contributed by atoms with E-state index in [0.717, 1.165) is 24.8 Å². The molecule has 0 saturated carbocycles. The van der Waals surface area contributed by atoms with Gasteiger partial charge in [-0.1, -0.05) is 12.1 Å². The number of hydrogen-bond donors (Lipinski definition) is 1. The molecule has 0 heterocycles. The largest absolute Gasteiger partial charge is 0.317 e. The van der Waals surface area contributed by atoms with Crippen molar-refractivity contribution in [1.82, 2.24) is 5.32 Å². The van der Waals surface area contributed by atoms with Crippen molar-refractivity contribution in [3.8, 4) is 0 Å². The lowest BCUT2D eigenvalue weighted by molar-refractivity contribution is 0.541. The Morgan fingerprint density at radius 3 is 2.86 bits per heavy atom. The minimum atomic E-state index is -0.135. The molecule has 0 aliphatic carbocycles. The van der Waals surface area contributed by atoms with E-state index < -0.39 is 0 Å². The number of aryl methyl sites for hydroxylation is 1. The molecule has 78 valence electrons. The first-order valence-corrected chi connectivity index (χ1v) is 5.14. The first-order valence-electron chi connectivity index (χ1n) is 5.14. The first kappa shape index (κ1) is 11.2.